The van der Waals surface area contributed by atoms with Crippen LogP contribution in [0.1, 0.15) is 15.9 Å². The summed E-state index contributed by atoms with van der Waals surface area (Å²) >= 11 is 0.775. The monoisotopic (exact) mass is 427 g/mol. The van der Waals surface area contributed by atoms with Crippen molar-refractivity contribution in [3.8, 4) is 0 Å². The molecule has 0 bridgehead atoms. The SMILES string of the molecule is O=C(O)CSc1ccc(C(=O)/C=C/c2cccc(NC(=O)C(F)(F)F)c2)cc1F. The van der Waals surface area contributed by atoms with Crippen molar-refractivity contribution >= 4 is 41.2 Å². The summed E-state index contributed by atoms with van der Waals surface area (Å²) < 4.78 is 50.9. The zero-order chi connectivity index (χ0) is 21.6. The average Bonchev–Trinajstić information content (AvgIpc) is 2.64. The van der Waals surface area contributed by atoms with Crippen LogP contribution in [0.25, 0.3) is 6.08 Å². The third-order valence-electron chi connectivity index (χ3n) is 3.40. The third-order valence-corrected chi connectivity index (χ3v) is 4.43. The van der Waals surface area contributed by atoms with Gasteiger partial charge in [0.25, 0.3) is 0 Å². The minimum Gasteiger partial charge on any atom is -0.481 e. The Labute approximate surface area is 166 Å². The van der Waals surface area contributed by atoms with Crippen LogP contribution in [0.4, 0.5) is 23.2 Å². The number of carbonyl (C=O) groups is 3. The molecule has 0 spiro atoms. The number of alkyl halides is 3. The standard InChI is InChI=1S/C19H13F4NO4S/c20-14-9-12(5-7-16(14)29-10-17(26)27)15(25)6-4-11-2-1-3-13(8-11)24-18(28)19(21,22)23/h1-9H,10H2,(H,24,28)(H,26,27)/b6-4+. The van der Waals surface area contributed by atoms with Crippen LogP contribution in [-0.4, -0.2) is 34.7 Å². The fourth-order valence-electron chi connectivity index (χ4n) is 2.10. The van der Waals surface area contributed by atoms with Crippen LogP contribution < -0.4 is 5.32 Å². The Morgan fingerprint density at radius 1 is 1.10 bits per heavy atom. The van der Waals surface area contributed by atoms with Crippen LogP contribution in [0, 0.1) is 5.82 Å². The van der Waals surface area contributed by atoms with E-state index in [-0.39, 0.29) is 21.9 Å². The molecule has 0 fully saturated rings. The molecule has 0 aliphatic carbocycles. The predicted molar refractivity (Wildman–Crippen MR) is 99.3 cm³/mol. The first-order chi connectivity index (χ1) is 13.6. The molecule has 0 heterocycles. The topological polar surface area (TPSA) is 83.5 Å². The van der Waals surface area contributed by atoms with E-state index in [0.29, 0.717) is 5.56 Å². The van der Waals surface area contributed by atoms with Crippen molar-refractivity contribution in [3.63, 3.8) is 0 Å². The van der Waals surface area contributed by atoms with E-state index in [4.69, 9.17) is 5.11 Å². The lowest BCUT2D eigenvalue weighted by atomic mass is 10.1. The zero-order valence-corrected chi connectivity index (χ0v) is 15.3. The number of aliphatic carboxylic acids is 1. The number of amides is 1. The largest absolute Gasteiger partial charge is 0.481 e. The maximum absolute atomic E-state index is 14.0. The highest BCUT2D eigenvalue weighted by atomic mass is 32.2. The molecule has 1 amide bonds. The second kappa shape index (κ2) is 9.37. The molecule has 2 rings (SSSR count). The summed E-state index contributed by atoms with van der Waals surface area (Å²) in [5.41, 5.74) is 0.250. The van der Waals surface area contributed by atoms with Crippen LogP contribution >= 0.6 is 11.8 Å². The quantitative estimate of drug-likeness (QED) is 0.296. The van der Waals surface area contributed by atoms with Crippen molar-refractivity contribution in [1.29, 1.82) is 0 Å². The Bertz CT molecular complexity index is 973. The summed E-state index contributed by atoms with van der Waals surface area (Å²) in [6.45, 7) is 0. The molecule has 2 aromatic carbocycles. The van der Waals surface area contributed by atoms with Gasteiger partial charge in [0.15, 0.2) is 5.78 Å². The van der Waals surface area contributed by atoms with Gasteiger partial charge in [0.2, 0.25) is 0 Å². The van der Waals surface area contributed by atoms with E-state index in [1.807, 2.05) is 0 Å². The first kappa shape index (κ1) is 22.2. The number of anilines is 1. The molecular weight excluding hydrogens is 414 g/mol. The van der Waals surface area contributed by atoms with Gasteiger partial charge < -0.3 is 10.4 Å². The first-order valence-electron chi connectivity index (χ1n) is 7.91. The van der Waals surface area contributed by atoms with Crippen LogP contribution in [-0.2, 0) is 9.59 Å². The molecule has 0 unspecified atom stereocenters. The molecule has 0 radical (unpaired) electrons. The van der Waals surface area contributed by atoms with Gasteiger partial charge in [-0.3, -0.25) is 14.4 Å². The summed E-state index contributed by atoms with van der Waals surface area (Å²) in [4.78, 5) is 33.7. The Morgan fingerprint density at radius 3 is 2.45 bits per heavy atom. The van der Waals surface area contributed by atoms with Gasteiger partial charge >= 0.3 is 18.1 Å². The number of thioether (sulfide) groups is 1. The Kier molecular flexibility index (Phi) is 7.16. The third kappa shape index (κ3) is 6.75. The van der Waals surface area contributed by atoms with Gasteiger partial charge in [-0.25, -0.2) is 4.39 Å². The van der Waals surface area contributed by atoms with Crippen molar-refractivity contribution in [2.45, 2.75) is 11.1 Å². The van der Waals surface area contributed by atoms with Crippen molar-refractivity contribution in [2.75, 3.05) is 11.1 Å². The summed E-state index contributed by atoms with van der Waals surface area (Å²) in [6, 6.07) is 8.98. The van der Waals surface area contributed by atoms with Crippen molar-refractivity contribution in [1.82, 2.24) is 0 Å². The fourth-order valence-corrected chi connectivity index (χ4v) is 2.74. The number of carbonyl (C=O) groups excluding carboxylic acids is 2. The van der Waals surface area contributed by atoms with Crippen molar-refractivity contribution in [2.24, 2.45) is 0 Å². The van der Waals surface area contributed by atoms with Gasteiger partial charge in [0.1, 0.15) is 5.82 Å². The molecule has 0 saturated heterocycles. The number of hydrogen-bond acceptors (Lipinski definition) is 4. The lowest BCUT2D eigenvalue weighted by Crippen LogP contribution is -2.29. The second-order valence-electron chi connectivity index (χ2n) is 5.60. The van der Waals surface area contributed by atoms with Gasteiger partial charge in [0, 0.05) is 16.1 Å². The number of nitrogens with one attached hydrogen (secondary N) is 1. The minimum absolute atomic E-state index is 0.0138. The number of carboxylic acids is 1. The van der Waals surface area contributed by atoms with Gasteiger partial charge in [-0.15, -0.1) is 11.8 Å². The van der Waals surface area contributed by atoms with E-state index >= 15 is 0 Å². The molecule has 152 valence electrons. The van der Waals surface area contributed by atoms with Gasteiger partial charge in [-0.2, -0.15) is 13.2 Å². The maximum atomic E-state index is 14.0. The van der Waals surface area contributed by atoms with Crippen molar-refractivity contribution in [3.05, 3.63) is 65.5 Å². The molecular formula is C19H13F4NO4S. The molecule has 0 aromatic heterocycles. The summed E-state index contributed by atoms with van der Waals surface area (Å²) in [6.07, 6.45) is -2.62. The number of allylic oxidation sites excluding steroid dienone is 1. The fraction of sp³-hybridized carbons (Fsp3) is 0.105. The van der Waals surface area contributed by atoms with Crippen LogP contribution in [0.5, 0.6) is 0 Å². The Hall–Kier alpha value is -3.14. The van der Waals surface area contributed by atoms with Crippen LogP contribution in [0.2, 0.25) is 0 Å². The zero-order valence-electron chi connectivity index (χ0n) is 14.5. The van der Waals surface area contributed by atoms with Gasteiger partial charge in [-0.1, -0.05) is 18.2 Å². The van der Waals surface area contributed by atoms with E-state index in [1.165, 1.54) is 42.5 Å². The molecule has 2 aromatic rings. The molecule has 29 heavy (non-hydrogen) atoms. The molecule has 0 saturated carbocycles. The number of carboxylic acid groups (broad SMARTS) is 1. The number of halogens is 4. The molecule has 10 heteroatoms. The lowest BCUT2D eigenvalue weighted by molar-refractivity contribution is -0.167. The predicted octanol–water partition coefficient (Wildman–Crippen LogP) is 4.40. The van der Waals surface area contributed by atoms with E-state index < -0.39 is 29.7 Å². The van der Waals surface area contributed by atoms with Crippen molar-refractivity contribution < 1.29 is 37.1 Å². The van der Waals surface area contributed by atoms with E-state index in [0.717, 1.165) is 23.9 Å². The Morgan fingerprint density at radius 2 is 1.83 bits per heavy atom. The Balaban J connectivity index is 2.09. The molecule has 0 aliphatic rings. The number of rotatable bonds is 7. The number of hydrogen-bond donors (Lipinski definition) is 2. The molecule has 5 nitrogen and oxygen atoms in total. The number of ketones is 1. The van der Waals surface area contributed by atoms with Crippen LogP contribution in [0.3, 0.4) is 0 Å². The first-order valence-corrected chi connectivity index (χ1v) is 8.89. The average molecular weight is 427 g/mol. The highest BCUT2D eigenvalue weighted by molar-refractivity contribution is 8.00. The molecule has 0 aliphatic heterocycles. The summed E-state index contributed by atoms with van der Waals surface area (Å²) in [7, 11) is 0. The van der Waals surface area contributed by atoms with Gasteiger partial charge in [-0.05, 0) is 42.0 Å². The normalized spacial score (nSPS) is 11.4. The summed E-state index contributed by atoms with van der Waals surface area (Å²) in [5.74, 6) is -4.86. The minimum atomic E-state index is -5.03. The summed E-state index contributed by atoms with van der Waals surface area (Å²) in [5, 5.41) is 10.3. The second-order valence-corrected chi connectivity index (χ2v) is 6.62. The lowest BCUT2D eigenvalue weighted by Gasteiger charge is -2.08. The smallest absolute Gasteiger partial charge is 0.471 e. The van der Waals surface area contributed by atoms with Gasteiger partial charge in [0.05, 0.1) is 5.75 Å². The molecule has 0 atom stereocenters. The molecule has 2 N–H and O–H groups in total. The number of benzene rings is 2. The van der Waals surface area contributed by atoms with E-state index in [9.17, 15) is 31.9 Å². The highest BCUT2D eigenvalue weighted by Crippen LogP contribution is 2.23. The maximum Gasteiger partial charge on any atom is 0.471 e. The van der Waals surface area contributed by atoms with E-state index in [1.54, 1.807) is 5.32 Å². The van der Waals surface area contributed by atoms with Crippen LogP contribution in [0.15, 0.2) is 53.4 Å². The highest BCUT2D eigenvalue weighted by Gasteiger charge is 2.38. The van der Waals surface area contributed by atoms with E-state index in [2.05, 4.69) is 0 Å².